The van der Waals surface area contributed by atoms with Gasteiger partial charge in [0.25, 0.3) is 0 Å². The molecule has 1 aromatic heterocycles. The van der Waals surface area contributed by atoms with Crippen LogP contribution in [0.2, 0.25) is 0 Å². The molecule has 74 valence electrons. The second kappa shape index (κ2) is 3.46. The molecule has 0 spiro atoms. The van der Waals surface area contributed by atoms with Crippen LogP contribution in [0.4, 0.5) is 0 Å². The van der Waals surface area contributed by atoms with Crippen molar-refractivity contribution in [1.29, 1.82) is 0 Å². The second-order valence-electron chi connectivity index (χ2n) is 3.98. The van der Waals surface area contributed by atoms with Crippen LogP contribution < -0.4 is 5.73 Å². The highest BCUT2D eigenvalue weighted by atomic mass is 14.7. The molecule has 1 aromatic carbocycles. The predicted molar refractivity (Wildman–Crippen MR) is 60.3 cm³/mol. The van der Waals surface area contributed by atoms with Crippen molar-refractivity contribution in [2.45, 2.75) is 26.3 Å². The molecule has 2 nitrogen and oxygen atoms in total. The third kappa shape index (κ3) is 1.42. The molecule has 0 bridgehead atoms. The molecule has 2 rings (SSSR count). The van der Waals surface area contributed by atoms with Crippen molar-refractivity contribution in [3.05, 3.63) is 35.5 Å². The highest BCUT2D eigenvalue weighted by Crippen LogP contribution is 2.25. The van der Waals surface area contributed by atoms with Crippen molar-refractivity contribution in [1.82, 2.24) is 4.98 Å². The Hall–Kier alpha value is -1.28. The predicted octanol–water partition coefficient (Wildman–Crippen LogP) is 2.75. The maximum Gasteiger partial charge on any atom is 0.0460 e. The van der Waals surface area contributed by atoms with E-state index in [9.17, 15) is 0 Å². The number of hydrogen-bond donors (Lipinski definition) is 2. The summed E-state index contributed by atoms with van der Waals surface area (Å²) in [6, 6.07) is 6.38. The van der Waals surface area contributed by atoms with Crippen LogP contribution in [0.25, 0.3) is 10.9 Å². The maximum atomic E-state index is 5.59. The average Bonchev–Trinajstić information content (AvgIpc) is 2.59. The topological polar surface area (TPSA) is 41.8 Å². The zero-order valence-corrected chi connectivity index (χ0v) is 8.67. The van der Waals surface area contributed by atoms with E-state index in [2.05, 4.69) is 43.2 Å². The lowest BCUT2D eigenvalue weighted by Gasteiger charge is -2.02. The van der Waals surface area contributed by atoms with Gasteiger partial charge in [0.2, 0.25) is 0 Å². The van der Waals surface area contributed by atoms with Gasteiger partial charge in [-0.15, -0.1) is 0 Å². The molecule has 3 N–H and O–H groups in total. The van der Waals surface area contributed by atoms with Crippen molar-refractivity contribution >= 4 is 10.9 Å². The van der Waals surface area contributed by atoms with E-state index < -0.39 is 0 Å². The Kier molecular flexibility index (Phi) is 2.30. The number of nitrogens with two attached hydrogens (primary N) is 1. The largest absolute Gasteiger partial charge is 0.361 e. The third-order valence-electron chi connectivity index (χ3n) is 2.64. The Morgan fingerprint density at radius 3 is 2.79 bits per heavy atom. The van der Waals surface area contributed by atoms with Crippen molar-refractivity contribution < 1.29 is 0 Å². The van der Waals surface area contributed by atoms with Gasteiger partial charge in [0.1, 0.15) is 0 Å². The summed E-state index contributed by atoms with van der Waals surface area (Å²) >= 11 is 0. The Labute approximate surface area is 84.1 Å². The van der Waals surface area contributed by atoms with Gasteiger partial charge in [0, 0.05) is 23.6 Å². The normalized spacial score (nSPS) is 11.4. The molecule has 2 aromatic rings. The zero-order valence-electron chi connectivity index (χ0n) is 8.67. The number of H-pyrrole nitrogens is 1. The summed E-state index contributed by atoms with van der Waals surface area (Å²) in [5.74, 6) is 0.562. The molecule has 0 aliphatic rings. The van der Waals surface area contributed by atoms with E-state index in [4.69, 9.17) is 5.73 Å². The molecule has 0 amide bonds. The molecule has 0 aliphatic heterocycles. The van der Waals surface area contributed by atoms with Crippen LogP contribution in [-0.2, 0) is 6.54 Å². The smallest absolute Gasteiger partial charge is 0.0460 e. The van der Waals surface area contributed by atoms with Gasteiger partial charge >= 0.3 is 0 Å². The fourth-order valence-corrected chi connectivity index (χ4v) is 1.80. The molecule has 0 saturated carbocycles. The monoisotopic (exact) mass is 188 g/mol. The Balaban J connectivity index is 2.59. The Morgan fingerprint density at radius 2 is 2.14 bits per heavy atom. The van der Waals surface area contributed by atoms with Crippen molar-refractivity contribution in [2.75, 3.05) is 0 Å². The highest BCUT2D eigenvalue weighted by molar-refractivity contribution is 5.84. The van der Waals surface area contributed by atoms with Crippen LogP contribution in [0.15, 0.2) is 24.4 Å². The lowest BCUT2D eigenvalue weighted by molar-refractivity contribution is 0.875. The first-order chi connectivity index (χ1) is 6.72. The van der Waals surface area contributed by atoms with Crippen LogP contribution in [-0.4, -0.2) is 4.98 Å². The summed E-state index contributed by atoms with van der Waals surface area (Å²) in [6.45, 7) is 5.02. The van der Waals surface area contributed by atoms with Crippen LogP contribution in [0.1, 0.15) is 30.9 Å². The SMILES string of the molecule is CC(C)c1c[nH]c2cc(CN)ccc12. The molecule has 0 atom stereocenters. The number of nitrogens with one attached hydrogen (secondary N) is 1. The highest BCUT2D eigenvalue weighted by Gasteiger charge is 2.06. The Morgan fingerprint density at radius 1 is 1.36 bits per heavy atom. The zero-order chi connectivity index (χ0) is 10.1. The number of hydrogen-bond acceptors (Lipinski definition) is 1. The van der Waals surface area contributed by atoms with Gasteiger partial charge in [0.15, 0.2) is 0 Å². The van der Waals surface area contributed by atoms with E-state index in [-0.39, 0.29) is 0 Å². The number of benzene rings is 1. The fourth-order valence-electron chi connectivity index (χ4n) is 1.80. The van der Waals surface area contributed by atoms with Crippen LogP contribution in [0, 0.1) is 0 Å². The maximum absolute atomic E-state index is 5.59. The van der Waals surface area contributed by atoms with E-state index in [0.717, 1.165) is 0 Å². The molecular formula is C12H16N2. The molecule has 14 heavy (non-hydrogen) atoms. The lowest BCUT2D eigenvalue weighted by Crippen LogP contribution is -1.95. The van der Waals surface area contributed by atoms with E-state index in [1.165, 1.54) is 22.0 Å². The minimum Gasteiger partial charge on any atom is -0.361 e. The summed E-state index contributed by atoms with van der Waals surface area (Å²) in [5.41, 5.74) is 9.34. The minimum absolute atomic E-state index is 0.562. The summed E-state index contributed by atoms with van der Waals surface area (Å²) in [4.78, 5) is 3.29. The standard InChI is InChI=1S/C12H16N2/c1-8(2)11-7-14-12-5-9(6-13)3-4-10(11)12/h3-5,7-8,14H,6,13H2,1-2H3. The second-order valence-corrected chi connectivity index (χ2v) is 3.98. The third-order valence-corrected chi connectivity index (χ3v) is 2.64. The first-order valence-corrected chi connectivity index (χ1v) is 5.02. The van der Waals surface area contributed by atoms with Crippen LogP contribution in [0.3, 0.4) is 0 Å². The van der Waals surface area contributed by atoms with E-state index in [1.807, 2.05) is 0 Å². The van der Waals surface area contributed by atoms with E-state index in [1.54, 1.807) is 0 Å². The molecule has 0 radical (unpaired) electrons. The van der Waals surface area contributed by atoms with Gasteiger partial charge in [-0.3, -0.25) is 0 Å². The number of fused-ring (bicyclic) bond motifs is 1. The number of rotatable bonds is 2. The van der Waals surface area contributed by atoms with Crippen molar-refractivity contribution in [2.24, 2.45) is 5.73 Å². The van der Waals surface area contributed by atoms with Gasteiger partial charge in [-0.1, -0.05) is 26.0 Å². The van der Waals surface area contributed by atoms with E-state index >= 15 is 0 Å². The molecule has 0 saturated heterocycles. The van der Waals surface area contributed by atoms with Gasteiger partial charge < -0.3 is 10.7 Å². The van der Waals surface area contributed by atoms with Gasteiger partial charge in [0.05, 0.1) is 0 Å². The van der Waals surface area contributed by atoms with E-state index in [0.29, 0.717) is 12.5 Å². The van der Waals surface area contributed by atoms with Crippen LogP contribution in [0.5, 0.6) is 0 Å². The fraction of sp³-hybridized carbons (Fsp3) is 0.333. The molecule has 1 heterocycles. The first-order valence-electron chi connectivity index (χ1n) is 5.02. The quantitative estimate of drug-likeness (QED) is 0.747. The number of aromatic amines is 1. The van der Waals surface area contributed by atoms with Gasteiger partial charge in [-0.25, -0.2) is 0 Å². The van der Waals surface area contributed by atoms with Crippen molar-refractivity contribution in [3.63, 3.8) is 0 Å². The van der Waals surface area contributed by atoms with Gasteiger partial charge in [-0.05, 0) is 23.1 Å². The molecule has 2 heteroatoms. The molecule has 0 unspecified atom stereocenters. The van der Waals surface area contributed by atoms with Gasteiger partial charge in [-0.2, -0.15) is 0 Å². The molecular weight excluding hydrogens is 172 g/mol. The first kappa shape index (κ1) is 9.28. The molecule has 0 aliphatic carbocycles. The summed E-state index contributed by atoms with van der Waals surface area (Å²) in [5, 5.41) is 1.32. The average molecular weight is 188 g/mol. The number of aromatic nitrogens is 1. The minimum atomic E-state index is 0.562. The summed E-state index contributed by atoms with van der Waals surface area (Å²) in [7, 11) is 0. The summed E-state index contributed by atoms with van der Waals surface area (Å²) < 4.78 is 0. The Bertz CT molecular complexity index is 441. The molecule has 0 fully saturated rings. The van der Waals surface area contributed by atoms with Crippen molar-refractivity contribution in [3.8, 4) is 0 Å². The summed E-state index contributed by atoms with van der Waals surface area (Å²) in [6.07, 6.45) is 2.09. The van der Waals surface area contributed by atoms with Crippen LogP contribution >= 0.6 is 0 Å². The lowest BCUT2D eigenvalue weighted by atomic mass is 10.0.